The second kappa shape index (κ2) is 9.58. The van der Waals surface area contributed by atoms with Gasteiger partial charge in [0.2, 0.25) is 0 Å². The number of nitrogens with two attached hydrogens (primary N) is 1. The fourth-order valence-corrected chi connectivity index (χ4v) is 4.04. The summed E-state index contributed by atoms with van der Waals surface area (Å²) in [6.45, 7) is 9.30. The molecule has 202 valence electrons. The Bertz CT molecular complexity index is 1390. The number of rotatable bonds is 3. The third kappa shape index (κ3) is 5.38. The summed E-state index contributed by atoms with van der Waals surface area (Å²) in [4.78, 5) is 13.7. The zero-order chi connectivity index (χ0) is 27.9. The lowest BCUT2D eigenvalue weighted by molar-refractivity contribution is -0.192. The van der Waals surface area contributed by atoms with Gasteiger partial charge in [-0.3, -0.25) is 5.10 Å². The molecule has 1 spiro atoms. The first kappa shape index (κ1) is 26.8. The number of H-pyrrole nitrogens is 1. The molecule has 12 heteroatoms. The molecule has 2 aromatic carbocycles. The molecule has 0 aliphatic carbocycles. The van der Waals surface area contributed by atoms with E-state index in [2.05, 4.69) is 37.0 Å². The van der Waals surface area contributed by atoms with Crippen molar-refractivity contribution >= 4 is 12.0 Å². The molecule has 0 radical (unpaired) electrons. The molecule has 1 atom stereocenters. The van der Waals surface area contributed by atoms with Crippen LogP contribution < -0.4 is 15.2 Å². The van der Waals surface area contributed by atoms with E-state index in [1.807, 2.05) is 43.5 Å². The number of carboxylic acids is 1. The number of aliphatic carboxylic acids is 1. The minimum Gasteiger partial charge on any atom is -0.493 e. The van der Waals surface area contributed by atoms with Gasteiger partial charge >= 0.3 is 12.1 Å². The van der Waals surface area contributed by atoms with E-state index in [0.29, 0.717) is 13.2 Å². The van der Waals surface area contributed by atoms with Crippen molar-refractivity contribution in [3.05, 3.63) is 59.4 Å². The zero-order valence-corrected chi connectivity index (χ0v) is 21.1. The van der Waals surface area contributed by atoms with Crippen molar-refractivity contribution in [1.82, 2.24) is 10.2 Å². The first-order chi connectivity index (χ1) is 17.7. The van der Waals surface area contributed by atoms with Gasteiger partial charge in [-0.25, -0.2) is 9.79 Å². The Morgan fingerprint density at radius 1 is 1.16 bits per heavy atom. The Hall–Kier alpha value is -4.22. The summed E-state index contributed by atoms with van der Waals surface area (Å²) >= 11 is 0. The van der Waals surface area contributed by atoms with Gasteiger partial charge in [0.1, 0.15) is 23.9 Å². The molecular weight excluding hydrogens is 505 g/mol. The maximum absolute atomic E-state index is 10.6. The lowest BCUT2D eigenvalue weighted by atomic mass is 9.80. The number of alkyl halides is 3. The van der Waals surface area contributed by atoms with E-state index in [1.165, 1.54) is 0 Å². The Morgan fingerprint density at radius 3 is 2.32 bits per heavy atom. The van der Waals surface area contributed by atoms with Gasteiger partial charge in [-0.05, 0) is 48.2 Å². The molecule has 0 bridgehead atoms. The summed E-state index contributed by atoms with van der Waals surface area (Å²) in [5.41, 5.74) is 10.0. The molecule has 0 amide bonds. The van der Waals surface area contributed by atoms with Gasteiger partial charge in [0.15, 0.2) is 5.54 Å². The predicted octanol–water partition coefficient (Wildman–Crippen LogP) is 5.14. The Kier molecular flexibility index (Phi) is 6.77. The topological polar surface area (TPSA) is 132 Å². The second-order valence-corrected chi connectivity index (χ2v) is 10.1. The maximum atomic E-state index is 10.6. The number of aryl methyl sites for hydroxylation is 1. The van der Waals surface area contributed by atoms with E-state index < -0.39 is 17.7 Å². The number of halogens is 3. The number of aliphatic imine (C=N–C) groups is 1. The molecule has 0 fully saturated rings. The first-order valence-corrected chi connectivity index (χ1v) is 11.6. The molecular formula is C26H27F3N4O5. The Balaban J connectivity index is 0.000000426. The van der Waals surface area contributed by atoms with Crippen LogP contribution in [0, 0.1) is 12.3 Å². The lowest BCUT2D eigenvalue weighted by Crippen LogP contribution is -2.31. The number of carbonyl (C=O) groups is 1. The number of hydrogen-bond acceptors (Lipinski definition) is 7. The summed E-state index contributed by atoms with van der Waals surface area (Å²) in [6, 6.07) is 12.1. The van der Waals surface area contributed by atoms with Gasteiger partial charge in [-0.2, -0.15) is 18.3 Å². The highest BCUT2D eigenvalue weighted by atomic mass is 19.4. The zero-order valence-electron chi connectivity index (χ0n) is 21.1. The SMILES string of the molecule is Cc1n[nH]cc1-c1ccc2c(c1)[C@@]1(COC(N)=N1)c1cc(OCC(C)(C)C)ccc1O2.O=C(O)C(F)(F)F. The number of ether oxygens (including phenoxy) is 3. The summed E-state index contributed by atoms with van der Waals surface area (Å²) < 4.78 is 49.7. The van der Waals surface area contributed by atoms with Crippen LogP contribution in [-0.2, 0) is 15.1 Å². The second-order valence-electron chi connectivity index (χ2n) is 10.1. The van der Waals surface area contributed by atoms with E-state index in [0.717, 1.165) is 45.2 Å². The van der Waals surface area contributed by atoms with Crippen molar-refractivity contribution in [3.8, 4) is 28.4 Å². The van der Waals surface area contributed by atoms with Crippen molar-refractivity contribution in [3.63, 3.8) is 0 Å². The molecule has 0 saturated carbocycles. The van der Waals surface area contributed by atoms with Crippen molar-refractivity contribution in [1.29, 1.82) is 0 Å². The maximum Gasteiger partial charge on any atom is 0.490 e. The molecule has 2 aliphatic heterocycles. The highest BCUT2D eigenvalue weighted by Gasteiger charge is 2.47. The van der Waals surface area contributed by atoms with Crippen molar-refractivity contribution in [2.24, 2.45) is 16.1 Å². The smallest absolute Gasteiger partial charge is 0.490 e. The molecule has 0 saturated heterocycles. The average Bonchev–Trinajstić information content (AvgIpc) is 3.43. The van der Waals surface area contributed by atoms with E-state index in [9.17, 15) is 13.2 Å². The molecule has 3 heterocycles. The van der Waals surface area contributed by atoms with Crippen LogP contribution in [0.1, 0.15) is 37.6 Å². The van der Waals surface area contributed by atoms with Crippen LogP contribution in [-0.4, -0.2) is 46.7 Å². The number of aromatic nitrogens is 2. The van der Waals surface area contributed by atoms with Gasteiger partial charge in [0, 0.05) is 22.9 Å². The summed E-state index contributed by atoms with van der Waals surface area (Å²) in [7, 11) is 0. The Labute approximate surface area is 216 Å². The van der Waals surface area contributed by atoms with Gasteiger partial charge in [-0.15, -0.1) is 0 Å². The third-order valence-corrected chi connectivity index (χ3v) is 5.83. The third-order valence-electron chi connectivity index (χ3n) is 5.83. The summed E-state index contributed by atoms with van der Waals surface area (Å²) in [5.74, 6) is -0.525. The van der Waals surface area contributed by atoms with E-state index in [1.54, 1.807) is 0 Å². The van der Waals surface area contributed by atoms with Crippen LogP contribution in [0.5, 0.6) is 17.2 Å². The largest absolute Gasteiger partial charge is 0.493 e. The van der Waals surface area contributed by atoms with Crippen LogP contribution in [0.15, 0.2) is 47.6 Å². The van der Waals surface area contributed by atoms with Crippen molar-refractivity contribution in [2.75, 3.05) is 13.2 Å². The molecule has 2 aliphatic rings. The first-order valence-electron chi connectivity index (χ1n) is 11.6. The molecule has 38 heavy (non-hydrogen) atoms. The molecule has 0 unspecified atom stereocenters. The van der Waals surface area contributed by atoms with Crippen LogP contribution in [0.25, 0.3) is 11.1 Å². The van der Waals surface area contributed by atoms with E-state index in [-0.39, 0.29) is 11.4 Å². The van der Waals surface area contributed by atoms with Crippen LogP contribution in [0.4, 0.5) is 13.2 Å². The van der Waals surface area contributed by atoms with Crippen LogP contribution >= 0.6 is 0 Å². The van der Waals surface area contributed by atoms with Crippen molar-refractivity contribution < 1.29 is 37.3 Å². The average molecular weight is 533 g/mol. The van der Waals surface area contributed by atoms with Gasteiger partial charge in [0.25, 0.3) is 6.02 Å². The number of fused-ring (bicyclic) bond motifs is 4. The predicted molar refractivity (Wildman–Crippen MR) is 132 cm³/mol. The number of hydrogen-bond donors (Lipinski definition) is 3. The van der Waals surface area contributed by atoms with E-state index in [4.69, 9.17) is 34.8 Å². The number of nitrogens with one attached hydrogen (secondary N) is 1. The molecule has 5 rings (SSSR count). The fraction of sp³-hybridized carbons (Fsp3) is 0.346. The number of benzene rings is 2. The number of amidine groups is 1. The lowest BCUT2D eigenvalue weighted by Gasteiger charge is -2.34. The standard InChI is InChI=1S/C24H26N4O3.C2HF3O2/c1-14-17(11-26-28-14)15-5-7-20-18(9-15)24(13-30-22(25)27-24)19-10-16(6-8-21(19)31-20)29-12-23(2,3)4;3-2(4,5)1(6)7/h5-11H,12-13H2,1-4H3,(H2,25,27)(H,26,28);(H,6,7)/t24-;/m0./s1. The number of aromatic amines is 1. The minimum absolute atomic E-state index is 0.0487. The normalized spacial score (nSPS) is 17.8. The van der Waals surface area contributed by atoms with Crippen LogP contribution in [0.3, 0.4) is 0 Å². The number of carboxylic acid groups (broad SMARTS) is 1. The molecule has 9 nitrogen and oxygen atoms in total. The highest BCUT2D eigenvalue weighted by molar-refractivity contribution is 5.78. The van der Waals surface area contributed by atoms with Crippen molar-refractivity contribution in [2.45, 2.75) is 39.4 Å². The minimum atomic E-state index is -5.08. The Morgan fingerprint density at radius 2 is 1.79 bits per heavy atom. The molecule has 1 aromatic heterocycles. The highest BCUT2D eigenvalue weighted by Crippen LogP contribution is 2.52. The summed E-state index contributed by atoms with van der Waals surface area (Å²) in [6.07, 6.45) is -3.19. The van der Waals surface area contributed by atoms with Gasteiger partial charge in [-0.1, -0.05) is 26.8 Å². The number of nitrogens with zero attached hydrogens (tertiary/aromatic N) is 2. The van der Waals surface area contributed by atoms with Crippen LogP contribution in [0.2, 0.25) is 0 Å². The van der Waals surface area contributed by atoms with Gasteiger partial charge in [0.05, 0.1) is 12.3 Å². The molecule has 3 aromatic rings. The van der Waals surface area contributed by atoms with E-state index >= 15 is 0 Å². The molecule has 4 N–H and O–H groups in total. The van der Waals surface area contributed by atoms with Gasteiger partial charge < -0.3 is 25.1 Å². The quantitative estimate of drug-likeness (QED) is 0.426. The fourth-order valence-electron chi connectivity index (χ4n) is 4.04. The monoisotopic (exact) mass is 532 g/mol. The summed E-state index contributed by atoms with van der Waals surface area (Å²) in [5, 5.41) is 14.3.